The highest BCUT2D eigenvalue weighted by Crippen LogP contribution is 2.75. The molecule has 4 aliphatic carbocycles. The van der Waals surface area contributed by atoms with Crippen molar-refractivity contribution in [2.45, 2.75) is 125 Å². The lowest BCUT2D eigenvalue weighted by Crippen LogP contribution is -2.63. The zero-order chi connectivity index (χ0) is 23.7. The number of hydrogen-bond donors (Lipinski definition) is 2. The maximum Gasteiger partial charge on any atom is 0.0771 e. The van der Waals surface area contributed by atoms with Crippen molar-refractivity contribution in [2.75, 3.05) is 0 Å². The molecule has 32 heavy (non-hydrogen) atoms. The van der Waals surface area contributed by atoms with Gasteiger partial charge < -0.3 is 10.2 Å². The zero-order valence-electron chi connectivity index (χ0n) is 22.4. The Kier molecular flexibility index (Phi) is 6.07. The van der Waals surface area contributed by atoms with Crippen LogP contribution in [0.4, 0.5) is 0 Å². The van der Waals surface area contributed by atoms with Crippen molar-refractivity contribution >= 4 is 0 Å². The van der Waals surface area contributed by atoms with Crippen molar-refractivity contribution in [2.24, 2.45) is 51.2 Å². The van der Waals surface area contributed by atoms with Crippen LogP contribution in [0.5, 0.6) is 0 Å². The van der Waals surface area contributed by atoms with Crippen LogP contribution in [0.1, 0.15) is 113 Å². The van der Waals surface area contributed by atoms with Gasteiger partial charge in [-0.3, -0.25) is 0 Å². The molecule has 4 aliphatic rings. The highest BCUT2D eigenvalue weighted by Gasteiger charge is 2.68. The van der Waals surface area contributed by atoms with Gasteiger partial charge in [-0.1, -0.05) is 53.7 Å². The van der Waals surface area contributed by atoms with Gasteiger partial charge >= 0.3 is 0 Å². The van der Waals surface area contributed by atoms with Gasteiger partial charge in [-0.25, -0.2) is 0 Å². The van der Waals surface area contributed by atoms with Crippen LogP contribution in [0, 0.1) is 51.2 Å². The summed E-state index contributed by atoms with van der Waals surface area (Å²) in [4.78, 5) is 0. The summed E-state index contributed by atoms with van der Waals surface area (Å²) in [7, 11) is 0. The third-order valence-electron chi connectivity index (χ3n) is 12.2. The zero-order valence-corrected chi connectivity index (χ0v) is 22.4. The Morgan fingerprint density at radius 2 is 1.53 bits per heavy atom. The molecule has 0 aromatic heterocycles. The maximum atomic E-state index is 10.8. The molecule has 2 N–H and O–H groups in total. The maximum absolute atomic E-state index is 10.8. The molecule has 0 spiro atoms. The quantitative estimate of drug-likeness (QED) is 0.444. The number of fused-ring (bicyclic) bond motifs is 5. The van der Waals surface area contributed by atoms with E-state index in [2.05, 4.69) is 47.6 Å². The van der Waals surface area contributed by atoms with E-state index < -0.39 is 5.60 Å². The second-order valence-electron chi connectivity index (χ2n) is 14.5. The third-order valence-corrected chi connectivity index (χ3v) is 12.2. The molecule has 4 saturated carbocycles. The first-order valence-corrected chi connectivity index (χ1v) is 13.7. The molecule has 2 heteroatoms. The van der Waals surface area contributed by atoms with Crippen LogP contribution in [-0.4, -0.2) is 21.9 Å². The average Bonchev–Trinajstić information content (AvgIpc) is 3.03. The Balaban J connectivity index is 1.57. The van der Waals surface area contributed by atoms with E-state index in [0.717, 1.165) is 30.6 Å². The first-order valence-electron chi connectivity index (χ1n) is 13.7. The van der Waals surface area contributed by atoms with Crippen LogP contribution >= 0.6 is 0 Å². The van der Waals surface area contributed by atoms with Crippen molar-refractivity contribution in [3.63, 3.8) is 0 Å². The summed E-state index contributed by atoms with van der Waals surface area (Å²) in [5, 5.41) is 20.9. The Hall–Kier alpha value is -0.340. The first-order chi connectivity index (χ1) is 14.7. The van der Waals surface area contributed by atoms with Crippen LogP contribution in [0.2, 0.25) is 0 Å². The van der Waals surface area contributed by atoms with Gasteiger partial charge in [0.25, 0.3) is 0 Å². The predicted octanol–water partition coefficient (Wildman–Crippen LogP) is 7.39. The highest BCUT2D eigenvalue weighted by molar-refractivity contribution is 5.17. The summed E-state index contributed by atoms with van der Waals surface area (Å²) >= 11 is 0. The van der Waals surface area contributed by atoms with E-state index in [4.69, 9.17) is 0 Å². The van der Waals surface area contributed by atoms with E-state index in [1.807, 2.05) is 19.9 Å². The minimum absolute atomic E-state index is 0.0472. The molecule has 0 aliphatic heterocycles. The molecular formula is C30H52O2. The molecular weight excluding hydrogens is 392 g/mol. The van der Waals surface area contributed by atoms with Gasteiger partial charge in [-0.2, -0.15) is 0 Å². The van der Waals surface area contributed by atoms with E-state index >= 15 is 0 Å². The molecule has 0 heterocycles. The summed E-state index contributed by atoms with van der Waals surface area (Å²) in [6.07, 6.45) is 15.6. The summed E-state index contributed by atoms with van der Waals surface area (Å²) in [5.74, 6) is 3.80. The molecule has 0 aromatic rings. The van der Waals surface area contributed by atoms with E-state index in [-0.39, 0.29) is 11.5 Å². The molecule has 184 valence electrons. The van der Waals surface area contributed by atoms with Gasteiger partial charge in [-0.15, -0.1) is 0 Å². The van der Waals surface area contributed by atoms with Gasteiger partial charge in [0.2, 0.25) is 0 Å². The molecule has 4 fully saturated rings. The number of allylic oxidation sites excluding steroid dienone is 1. The molecule has 0 unspecified atom stereocenters. The second-order valence-corrected chi connectivity index (χ2v) is 14.5. The van der Waals surface area contributed by atoms with Crippen LogP contribution < -0.4 is 0 Å². The molecule has 0 amide bonds. The molecule has 4 rings (SSSR count). The summed E-state index contributed by atoms with van der Waals surface area (Å²) in [6.45, 7) is 18.9. The average molecular weight is 445 g/mol. The largest absolute Gasteiger partial charge is 0.393 e. The molecule has 9 atom stereocenters. The smallest absolute Gasteiger partial charge is 0.0771 e. The van der Waals surface area contributed by atoms with Crippen molar-refractivity contribution in [3.8, 4) is 0 Å². The van der Waals surface area contributed by atoms with Crippen LogP contribution in [0.15, 0.2) is 12.2 Å². The summed E-state index contributed by atoms with van der Waals surface area (Å²) < 4.78 is 0. The van der Waals surface area contributed by atoms with Gasteiger partial charge in [0.15, 0.2) is 0 Å². The Morgan fingerprint density at radius 3 is 2.19 bits per heavy atom. The fourth-order valence-corrected chi connectivity index (χ4v) is 10.2. The lowest BCUT2D eigenvalue weighted by atomic mass is 9.35. The third kappa shape index (κ3) is 3.57. The summed E-state index contributed by atoms with van der Waals surface area (Å²) in [5.41, 5.74) is 0.597. The van der Waals surface area contributed by atoms with Crippen LogP contribution in [0.3, 0.4) is 0 Å². The fraction of sp³-hybridized carbons (Fsp3) is 0.933. The standard InChI is InChI=1S/C30H52O2/c1-20(10-9-16-26(2,3)32)21-13-18-29(7)22(21)11-12-24-28(6)17-15-25(31)27(4,5)23(28)14-19-30(24,29)8/h9,16,20-25,31-32H,10-15,17-19H2,1-8H3/b16-9+/t20-,21+,22+,23-,24+,25-,28-,29+,30+/m0/s1. The van der Waals surface area contributed by atoms with Gasteiger partial charge in [0.05, 0.1) is 11.7 Å². The Morgan fingerprint density at radius 1 is 0.875 bits per heavy atom. The molecule has 0 saturated heterocycles. The van der Waals surface area contributed by atoms with Crippen molar-refractivity contribution in [3.05, 3.63) is 12.2 Å². The van der Waals surface area contributed by atoms with E-state index in [9.17, 15) is 10.2 Å². The van der Waals surface area contributed by atoms with E-state index in [1.165, 1.54) is 44.9 Å². The van der Waals surface area contributed by atoms with Gasteiger partial charge in [0, 0.05) is 0 Å². The predicted molar refractivity (Wildman–Crippen MR) is 134 cm³/mol. The number of aliphatic hydroxyl groups is 2. The van der Waals surface area contributed by atoms with Crippen LogP contribution in [0.25, 0.3) is 0 Å². The highest BCUT2D eigenvalue weighted by atomic mass is 16.3. The fourth-order valence-electron chi connectivity index (χ4n) is 10.2. The lowest BCUT2D eigenvalue weighted by Gasteiger charge is -2.70. The number of rotatable bonds is 4. The number of hydrogen-bond acceptors (Lipinski definition) is 2. The second kappa shape index (κ2) is 7.84. The molecule has 0 radical (unpaired) electrons. The SMILES string of the molecule is C[C@@H](C/C=C/C(C)(C)O)[C@H]1CC[C@]2(C)[C@@H]1CC[C@@H]1[C@@]3(C)CC[C@H](O)C(C)(C)[C@@H]3CC[C@]12C. The number of aliphatic hydroxyl groups excluding tert-OH is 1. The first kappa shape index (κ1) is 24.8. The van der Waals surface area contributed by atoms with Gasteiger partial charge in [-0.05, 0) is 123 Å². The monoisotopic (exact) mass is 444 g/mol. The van der Waals surface area contributed by atoms with E-state index in [1.54, 1.807) is 0 Å². The van der Waals surface area contributed by atoms with E-state index in [0.29, 0.717) is 28.1 Å². The molecule has 0 bridgehead atoms. The van der Waals surface area contributed by atoms with Gasteiger partial charge in [0.1, 0.15) is 0 Å². The van der Waals surface area contributed by atoms with Crippen molar-refractivity contribution in [1.82, 2.24) is 0 Å². The Bertz CT molecular complexity index is 732. The minimum atomic E-state index is -0.703. The minimum Gasteiger partial charge on any atom is -0.393 e. The normalized spacial score (nSPS) is 49.4. The lowest BCUT2D eigenvalue weighted by molar-refractivity contribution is -0.222. The van der Waals surface area contributed by atoms with Crippen LogP contribution in [-0.2, 0) is 0 Å². The molecule has 0 aromatic carbocycles. The molecule has 2 nitrogen and oxygen atoms in total. The summed E-state index contributed by atoms with van der Waals surface area (Å²) in [6, 6.07) is 0. The van der Waals surface area contributed by atoms with Crippen molar-refractivity contribution in [1.29, 1.82) is 0 Å². The topological polar surface area (TPSA) is 40.5 Å². The Labute approximate surface area is 198 Å². The van der Waals surface area contributed by atoms with Crippen molar-refractivity contribution < 1.29 is 10.2 Å².